The first-order valence-corrected chi connectivity index (χ1v) is 9.80. The molecule has 0 aromatic carbocycles. The van der Waals surface area contributed by atoms with Crippen molar-refractivity contribution in [2.24, 2.45) is 5.41 Å². The molecule has 4 heteroatoms. The van der Waals surface area contributed by atoms with E-state index in [1.807, 2.05) is 0 Å². The molecule has 1 aliphatic rings. The van der Waals surface area contributed by atoms with Crippen molar-refractivity contribution in [2.45, 2.75) is 109 Å². The van der Waals surface area contributed by atoms with Gasteiger partial charge in [0.05, 0.1) is 5.38 Å². The van der Waals surface area contributed by atoms with Gasteiger partial charge in [0.25, 0.3) is 0 Å². The number of hydrogen-bond donors (Lipinski definition) is 2. The molecule has 0 aliphatic heterocycles. The van der Waals surface area contributed by atoms with E-state index in [0.717, 1.165) is 12.8 Å². The number of nitrogens with one attached hydrogen (secondary N) is 2. The lowest BCUT2D eigenvalue weighted by Crippen LogP contribution is -2.64. The average molecular weight is 351 g/mol. The highest BCUT2D eigenvalue weighted by Gasteiger charge is 2.51. The maximum atomic E-state index is 7.01. The van der Waals surface area contributed by atoms with Crippen LogP contribution in [0.5, 0.6) is 0 Å². The van der Waals surface area contributed by atoms with E-state index >= 15 is 0 Å². The maximum Gasteiger partial charge on any atom is 0.112 e. The van der Waals surface area contributed by atoms with Gasteiger partial charge < -0.3 is 5.32 Å². The lowest BCUT2D eigenvalue weighted by Gasteiger charge is -2.51. The number of unbranched alkanes of at least 4 members (excludes halogenated alkanes) is 2. The van der Waals surface area contributed by atoms with Crippen molar-refractivity contribution in [1.82, 2.24) is 10.6 Å². The molecule has 0 spiro atoms. The van der Waals surface area contributed by atoms with Gasteiger partial charge in [0.1, 0.15) is 5.00 Å². The van der Waals surface area contributed by atoms with Crippen molar-refractivity contribution < 1.29 is 0 Å². The Bertz CT molecular complexity index is 335. The van der Waals surface area contributed by atoms with Crippen LogP contribution < -0.4 is 10.6 Å². The van der Waals surface area contributed by atoms with E-state index in [9.17, 15) is 0 Å². The fraction of sp³-hybridized carbons (Fsp3) is 1.00. The van der Waals surface area contributed by atoms with Crippen molar-refractivity contribution in [3.05, 3.63) is 0 Å². The second kappa shape index (κ2) is 8.55. The first kappa shape index (κ1) is 20.5. The molecule has 2 N–H and O–H groups in total. The van der Waals surface area contributed by atoms with Gasteiger partial charge in [-0.15, -0.1) is 23.2 Å². The van der Waals surface area contributed by atoms with E-state index < -0.39 is 5.00 Å². The van der Waals surface area contributed by atoms with Crippen molar-refractivity contribution in [3.63, 3.8) is 0 Å². The van der Waals surface area contributed by atoms with Crippen LogP contribution in [0, 0.1) is 5.41 Å². The summed E-state index contributed by atoms with van der Waals surface area (Å²) in [6.07, 6.45) is 7.12. The topological polar surface area (TPSA) is 24.1 Å². The van der Waals surface area contributed by atoms with Crippen molar-refractivity contribution in [3.8, 4) is 0 Å². The summed E-state index contributed by atoms with van der Waals surface area (Å²) < 4.78 is 0. The molecule has 0 amide bonds. The highest BCUT2D eigenvalue weighted by Crippen LogP contribution is 2.48. The van der Waals surface area contributed by atoms with Gasteiger partial charge in [0, 0.05) is 18.1 Å². The first-order chi connectivity index (χ1) is 10.1. The van der Waals surface area contributed by atoms with Crippen LogP contribution in [0.4, 0.5) is 0 Å². The molecule has 22 heavy (non-hydrogen) atoms. The molecular formula is C18H36Cl2N2. The van der Waals surface area contributed by atoms with Gasteiger partial charge in [0.2, 0.25) is 0 Å². The summed E-state index contributed by atoms with van der Waals surface area (Å²) in [4.78, 5) is -0.526. The van der Waals surface area contributed by atoms with Crippen LogP contribution in [-0.2, 0) is 0 Å². The average Bonchev–Trinajstić information content (AvgIpc) is 2.34. The fourth-order valence-corrected chi connectivity index (χ4v) is 4.91. The molecule has 0 saturated heterocycles. The van der Waals surface area contributed by atoms with Crippen molar-refractivity contribution in [1.29, 1.82) is 0 Å². The van der Waals surface area contributed by atoms with E-state index in [2.05, 4.69) is 52.2 Å². The molecule has 2 nitrogen and oxygen atoms in total. The van der Waals surface area contributed by atoms with Crippen molar-refractivity contribution >= 4 is 23.2 Å². The Hall–Kier alpha value is 0.500. The van der Waals surface area contributed by atoms with Crippen LogP contribution >= 0.6 is 23.2 Å². The Kier molecular flexibility index (Phi) is 7.99. The number of hydrogen-bond acceptors (Lipinski definition) is 2. The summed E-state index contributed by atoms with van der Waals surface area (Å²) in [5.74, 6) is 0. The Morgan fingerprint density at radius 3 is 2.27 bits per heavy atom. The van der Waals surface area contributed by atoms with Crippen LogP contribution in [-0.4, -0.2) is 28.5 Å². The summed E-state index contributed by atoms with van der Waals surface area (Å²) in [6.45, 7) is 13.3. The zero-order valence-electron chi connectivity index (χ0n) is 15.3. The Morgan fingerprint density at radius 2 is 1.77 bits per heavy atom. The molecular weight excluding hydrogens is 315 g/mol. The van der Waals surface area contributed by atoms with Crippen molar-refractivity contribution in [2.75, 3.05) is 0 Å². The molecule has 1 saturated carbocycles. The molecule has 4 atom stereocenters. The highest BCUT2D eigenvalue weighted by molar-refractivity contribution is 6.32. The summed E-state index contributed by atoms with van der Waals surface area (Å²) >= 11 is 13.8. The van der Waals surface area contributed by atoms with Gasteiger partial charge in [-0.2, -0.15) is 0 Å². The summed E-state index contributed by atoms with van der Waals surface area (Å²) in [6, 6.07) is 1.01. The maximum absolute atomic E-state index is 7.01. The van der Waals surface area contributed by atoms with E-state index in [-0.39, 0.29) is 16.8 Å². The van der Waals surface area contributed by atoms with Crippen LogP contribution in [0.15, 0.2) is 0 Å². The van der Waals surface area contributed by atoms with Gasteiger partial charge >= 0.3 is 0 Å². The normalized spacial score (nSPS) is 36.3. The molecule has 1 aliphatic carbocycles. The van der Waals surface area contributed by atoms with Crippen LogP contribution in [0.2, 0.25) is 0 Å². The highest BCUT2D eigenvalue weighted by atomic mass is 35.5. The number of alkyl halides is 2. The standard InChI is InChI=1S/C18H36Cl2N2/c1-7-8-9-10-17(6)11-15(21-13(2)3)16(19)18(20,12-17)22-14(4)5/h13-16,21-22H,7-12H2,1-6H3. The summed E-state index contributed by atoms with van der Waals surface area (Å²) in [7, 11) is 0. The minimum absolute atomic E-state index is 0.0989. The summed E-state index contributed by atoms with van der Waals surface area (Å²) in [5, 5.41) is 7.10. The predicted molar refractivity (Wildman–Crippen MR) is 100 cm³/mol. The van der Waals surface area contributed by atoms with Gasteiger partial charge in [-0.3, -0.25) is 5.32 Å². The molecule has 0 aromatic heterocycles. The van der Waals surface area contributed by atoms with Gasteiger partial charge in [-0.25, -0.2) is 0 Å². The quantitative estimate of drug-likeness (QED) is 0.353. The molecule has 0 bridgehead atoms. The van der Waals surface area contributed by atoms with Gasteiger partial charge in [-0.1, -0.05) is 47.0 Å². The zero-order chi connectivity index (χ0) is 17.0. The molecule has 0 aromatic rings. The summed E-state index contributed by atoms with van der Waals surface area (Å²) in [5.41, 5.74) is 0.247. The molecule has 132 valence electrons. The molecule has 1 fully saturated rings. The van der Waals surface area contributed by atoms with E-state index in [1.54, 1.807) is 0 Å². The van der Waals surface area contributed by atoms with E-state index in [4.69, 9.17) is 23.2 Å². The van der Waals surface area contributed by atoms with E-state index in [1.165, 1.54) is 25.7 Å². The molecule has 1 rings (SSSR count). The zero-order valence-corrected chi connectivity index (χ0v) is 16.8. The Balaban J connectivity index is 2.91. The third-order valence-electron chi connectivity index (χ3n) is 4.65. The molecule has 0 heterocycles. The van der Waals surface area contributed by atoms with Crippen LogP contribution in [0.3, 0.4) is 0 Å². The minimum Gasteiger partial charge on any atom is -0.310 e. The largest absolute Gasteiger partial charge is 0.310 e. The third kappa shape index (κ3) is 5.85. The lowest BCUT2D eigenvalue weighted by atomic mass is 9.68. The lowest BCUT2D eigenvalue weighted by molar-refractivity contribution is 0.106. The second-order valence-corrected chi connectivity index (χ2v) is 9.28. The van der Waals surface area contributed by atoms with Crippen LogP contribution in [0.1, 0.15) is 80.1 Å². The Labute approximate surface area is 148 Å². The molecule has 4 unspecified atom stereocenters. The third-order valence-corrected chi connectivity index (χ3v) is 5.91. The minimum atomic E-state index is -0.526. The second-order valence-electron chi connectivity index (χ2n) is 8.14. The Morgan fingerprint density at radius 1 is 1.14 bits per heavy atom. The van der Waals surface area contributed by atoms with E-state index in [0.29, 0.717) is 12.1 Å². The SMILES string of the molecule is CCCCCC1(C)CC(NC(C)C)C(Cl)C(Cl)(NC(C)C)C1. The predicted octanol–water partition coefficient (Wildman–Crippen LogP) is 5.27. The number of rotatable bonds is 8. The number of halogens is 2. The van der Waals surface area contributed by atoms with Gasteiger partial charge in [-0.05, 0) is 38.5 Å². The first-order valence-electron chi connectivity index (χ1n) is 8.98. The van der Waals surface area contributed by atoms with Gasteiger partial charge in [0.15, 0.2) is 0 Å². The molecule has 0 radical (unpaired) electrons. The van der Waals surface area contributed by atoms with Crippen LogP contribution in [0.25, 0.3) is 0 Å². The fourth-order valence-electron chi connectivity index (χ4n) is 3.92. The monoisotopic (exact) mass is 350 g/mol. The smallest absolute Gasteiger partial charge is 0.112 e.